The molecule has 3 aliphatic rings. The number of aryl methyl sites for hydroxylation is 1. The molecule has 0 aromatic heterocycles. The number of hydrogen-bond acceptors (Lipinski definition) is 5. The molecule has 32 heavy (non-hydrogen) atoms. The lowest BCUT2D eigenvalue weighted by atomic mass is 9.70. The van der Waals surface area contributed by atoms with Crippen LogP contribution in [0.25, 0.3) is 0 Å². The summed E-state index contributed by atoms with van der Waals surface area (Å²) in [5.41, 5.74) is 0.0961. The Morgan fingerprint density at radius 3 is 2.78 bits per heavy atom. The highest BCUT2D eigenvalue weighted by molar-refractivity contribution is 9.09. The molecule has 8 nitrogen and oxygen atoms in total. The normalized spacial score (nSPS) is 32.8. The number of para-hydroxylation sites is 1. The summed E-state index contributed by atoms with van der Waals surface area (Å²) < 4.78 is 6.34. The smallest absolute Gasteiger partial charge is 0.250 e. The van der Waals surface area contributed by atoms with Crippen molar-refractivity contribution in [3.63, 3.8) is 0 Å². The predicted octanol–water partition coefficient (Wildman–Crippen LogP) is 1.85. The highest BCUT2D eigenvalue weighted by atomic mass is 79.9. The summed E-state index contributed by atoms with van der Waals surface area (Å²) in [6, 6.07) is 4.30. The molecule has 3 amide bonds. The largest absolute Gasteiger partial charge is 0.395 e. The Hall–Kier alpha value is -1.68. The summed E-state index contributed by atoms with van der Waals surface area (Å²) in [5.74, 6) is -2.51. The molecule has 3 N–H and O–H groups in total. The minimum atomic E-state index is -1.15. The van der Waals surface area contributed by atoms with E-state index in [2.05, 4.69) is 26.6 Å². The fourth-order valence-corrected chi connectivity index (χ4v) is 6.64. The lowest BCUT2D eigenvalue weighted by Crippen LogP contribution is -2.54. The molecule has 174 valence electrons. The number of hydrogen-bond donors (Lipinski definition) is 3. The van der Waals surface area contributed by atoms with Gasteiger partial charge in [0.25, 0.3) is 0 Å². The third-order valence-electron chi connectivity index (χ3n) is 6.70. The van der Waals surface area contributed by atoms with Crippen LogP contribution in [0.2, 0.25) is 5.02 Å². The molecule has 2 bridgehead atoms. The van der Waals surface area contributed by atoms with E-state index in [-0.39, 0.29) is 29.8 Å². The molecule has 1 spiro atoms. The molecule has 0 radical (unpaired) electrons. The summed E-state index contributed by atoms with van der Waals surface area (Å²) in [4.78, 5) is 41.3. The van der Waals surface area contributed by atoms with Crippen molar-refractivity contribution >= 4 is 50.9 Å². The third-order valence-corrected chi connectivity index (χ3v) is 7.86. The molecule has 0 aliphatic carbocycles. The number of fused-ring (bicyclic) bond motifs is 1. The number of likely N-dealkylation sites (tertiary alicyclic amines) is 1. The first kappa shape index (κ1) is 23.5. The highest BCUT2D eigenvalue weighted by Crippen LogP contribution is 2.60. The Morgan fingerprint density at radius 1 is 1.38 bits per heavy atom. The van der Waals surface area contributed by atoms with Crippen LogP contribution in [0.3, 0.4) is 0 Å². The number of carbonyl (C=O) groups is 3. The summed E-state index contributed by atoms with van der Waals surface area (Å²) in [6.45, 7) is 3.94. The van der Waals surface area contributed by atoms with Crippen molar-refractivity contribution in [2.45, 2.75) is 49.3 Å². The Bertz CT molecular complexity index is 926. The van der Waals surface area contributed by atoms with Gasteiger partial charge in [-0.1, -0.05) is 46.6 Å². The quantitative estimate of drug-likeness (QED) is 0.468. The van der Waals surface area contributed by atoms with Gasteiger partial charge in [-0.2, -0.15) is 0 Å². The average Bonchev–Trinajstić information content (AvgIpc) is 3.33. The number of rotatable bonds is 7. The van der Waals surface area contributed by atoms with Crippen LogP contribution >= 0.6 is 27.5 Å². The molecular formula is C22H27BrClN3O5. The fourth-order valence-electron chi connectivity index (χ4n) is 5.43. The number of aliphatic hydroxyl groups is 1. The van der Waals surface area contributed by atoms with E-state index < -0.39 is 35.5 Å². The van der Waals surface area contributed by atoms with E-state index in [0.29, 0.717) is 23.7 Å². The van der Waals surface area contributed by atoms with Gasteiger partial charge in [-0.05, 0) is 31.4 Å². The van der Waals surface area contributed by atoms with Crippen molar-refractivity contribution in [3.8, 4) is 0 Å². The van der Waals surface area contributed by atoms with E-state index in [9.17, 15) is 19.5 Å². The number of β-amino-alcohol motifs (C(OH)–C–C–N with tert-alkyl or cyclic N) is 1. The van der Waals surface area contributed by atoms with Crippen LogP contribution in [0.1, 0.15) is 25.3 Å². The zero-order valence-electron chi connectivity index (χ0n) is 17.9. The molecule has 1 aromatic carbocycles. The average molecular weight is 529 g/mol. The van der Waals surface area contributed by atoms with Crippen LogP contribution in [-0.4, -0.2) is 70.0 Å². The second-order valence-electron chi connectivity index (χ2n) is 8.63. The van der Waals surface area contributed by atoms with Crippen molar-refractivity contribution in [1.29, 1.82) is 0 Å². The number of alkyl halides is 1. The highest BCUT2D eigenvalue weighted by Gasteiger charge is 2.76. The van der Waals surface area contributed by atoms with Crippen molar-refractivity contribution in [1.82, 2.24) is 10.2 Å². The second-order valence-corrected chi connectivity index (χ2v) is 10.2. The van der Waals surface area contributed by atoms with Gasteiger partial charge < -0.3 is 25.4 Å². The van der Waals surface area contributed by atoms with Gasteiger partial charge in [0.05, 0.1) is 35.3 Å². The number of halogens is 2. The molecule has 3 unspecified atom stereocenters. The maximum absolute atomic E-state index is 13.6. The fraction of sp³-hybridized carbons (Fsp3) is 0.591. The number of aliphatic hydroxyl groups excluding tert-OH is 1. The van der Waals surface area contributed by atoms with Gasteiger partial charge >= 0.3 is 0 Å². The zero-order chi connectivity index (χ0) is 23.2. The molecule has 6 atom stereocenters. The van der Waals surface area contributed by atoms with Crippen molar-refractivity contribution in [3.05, 3.63) is 28.8 Å². The van der Waals surface area contributed by atoms with E-state index >= 15 is 0 Å². The number of anilines is 1. The number of nitrogens with zero attached hydrogens (tertiary/aromatic N) is 1. The number of benzene rings is 1. The van der Waals surface area contributed by atoms with E-state index in [1.165, 1.54) is 4.90 Å². The van der Waals surface area contributed by atoms with E-state index in [1.54, 1.807) is 12.1 Å². The van der Waals surface area contributed by atoms with Gasteiger partial charge in [0, 0.05) is 17.9 Å². The van der Waals surface area contributed by atoms with Crippen LogP contribution in [0.5, 0.6) is 0 Å². The van der Waals surface area contributed by atoms with E-state index in [4.69, 9.17) is 16.3 Å². The van der Waals surface area contributed by atoms with Crippen LogP contribution in [0, 0.1) is 18.8 Å². The molecule has 1 aromatic rings. The van der Waals surface area contributed by atoms with Crippen LogP contribution in [0.4, 0.5) is 5.69 Å². The van der Waals surface area contributed by atoms with Gasteiger partial charge in [0.1, 0.15) is 11.6 Å². The number of nitrogens with one attached hydrogen (secondary N) is 2. The minimum absolute atomic E-state index is 0.0268. The standard InChI is InChI=1S/C22H27BrClN3O5/c1-3-7-25-19(29)14-15-21(31)27(8-9-28)18(22(15)10-12(23)17(14)32-22)20(30)26-16-11(2)5-4-6-13(16)24/h4-6,12,14-15,17-18,28H,3,7-10H2,1-2H3,(H,25,29)(H,26,30)/t12?,14-,15+,17-,18?,22?/m1/s1. The Balaban J connectivity index is 1.71. The Kier molecular flexibility index (Phi) is 6.55. The van der Waals surface area contributed by atoms with Crippen molar-refractivity contribution in [2.24, 2.45) is 11.8 Å². The first-order valence-corrected chi connectivity index (χ1v) is 12.1. The van der Waals surface area contributed by atoms with Gasteiger partial charge in [-0.15, -0.1) is 0 Å². The lowest BCUT2D eigenvalue weighted by molar-refractivity contribution is -0.141. The Morgan fingerprint density at radius 2 is 2.12 bits per heavy atom. The molecule has 3 fully saturated rings. The summed E-state index contributed by atoms with van der Waals surface area (Å²) in [7, 11) is 0. The first-order valence-electron chi connectivity index (χ1n) is 10.8. The van der Waals surface area contributed by atoms with E-state index in [0.717, 1.165) is 12.0 Å². The summed E-state index contributed by atoms with van der Waals surface area (Å²) in [6.07, 6.45) is 0.673. The van der Waals surface area contributed by atoms with Crippen molar-refractivity contribution < 1.29 is 24.2 Å². The van der Waals surface area contributed by atoms with Crippen molar-refractivity contribution in [2.75, 3.05) is 25.0 Å². The molecule has 3 heterocycles. The molecular weight excluding hydrogens is 502 g/mol. The monoisotopic (exact) mass is 527 g/mol. The Labute approximate surface area is 200 Å². The predicted molar refractivity (Wildman–Crippen MR) is 123 cm³/mol. The number of carbonyl (C=O) groups excluding carboxylic acids is 3. The molecule has 4 rings (SSSR count). The summed E-state index contributed by atoms with van der Waals surface area (Å²) >= 11 is 9.92. The van der Waals surface area contributed by atoms with Gasteiger partial charge in [-0.25, -0.2) is 0 Å². The SMILES string of the molecule is CCCNC(=O)[C@H]1[C@@H]2OC3(CC2Br)C(C(=O)Nc2c(C)cccc2Cl)N(CCO)C(=O)[C@H]13. The molecule has 3 saturated heterocycles. The van der Waals surface area contributed by atoms with Gasteiger partial charge in [-0.3, -0.25) is 14.4 Å². The van der Waals surface area contributed by atoms with Crippen LogP contribution in [-0.2, 0) is 19.1 Å². The third kappa shape index (κ3) is 3.54. The van der Waals surface area contributed by atoms with Crippen LogP contribution < -0.4 is 10.6 Å². The van der Waals surface area contributed by atoms with Crippen LogP contribution in [0.15, 0.2) is 18.2 Å². The maximum atomic E-state index is 13.6. The number of ether oxygens (including phenoxy) is 1. The molecule has 10 heteroatoms. The molecule has 0 saturated carbocycles. The van der Waals surface area contributed by atoms with Gasteiger partial charge in [0.15, 0.2) is 0 Å². The van der Waals surface area contributed by atoms with Gasteiger partial charge in [0.2, 0.25) is 17.7 Å². The number of amides is 3. The molecule has 3 aliphatic heterocycles. The second kappa shape index (κ2) is 8.93. The topological polar surface area (TPSA) is 108 Å². The zero-order valence-corrected chi connectivity index (χ0v) is 20.3. The van der Waals surface area contributed by atoms with E-state index in [1.807, 2.05) is 19.9 Å². The summed E-state index contributed by atoms with van der Waals surface area (Å²) in [5, 5.41) is 15.8. The maximum Gasteiger partial charge on any atom is 0.250 e. The minimum Gasteiger partial charge on any atom is -0.395 e. The first-order chi connectivity index (χ1) is 15.3. The lowest BCUT2D eigenvalue weighted by Gasteiger charge is -2.34.